The van der Waals surface area contributed by atoms with Crippen LogP contribution in [0.3, 0.4) is 0 Å². The molecule has 2 amide bonds. The summed E-state index contributed by atoms with van der Waals surface area (Å²) in [7, 11) is 1.51. The summed E-state index contributed by atoms with van der Waals surface area (Å²) in [6, 6.07) is 2.80. The largest absolute Gasteiger partial charge is 0.444 e. The SMILES string of the molecule is COCC(CCO)NC(=O)CNC(=O)c1ccc(Br)o1. The smallest absolute Gasteiger partial charge is 0.287 e. The van der Waals surface area contributed by atoms with Crippen LogP contribution >= 0.6 is 15.9 Å². The van der Waals surface area contributed by atoms with Gasteiger partial charge in [-0.1, -0.05) is 0 Å². The summed E-state index contributed by atoms with van der Waals surface area (Å²) in [6.07, 6.45) is 0.388. The molecule has 0 bridgehead atoms. The predicted molar refractivity (Wildman–Crippen MR) is 74.3 cm³/mol. The highest BCUT2D eigenvalue weighted by molar-refractivity contribution is 9.10. The molecule has 20 heavy (non-hydrogen) atoms. The van der Waals surface area contributed by atoms with Crippen molar-refractivity contribution in [2.24, 2.45) is 0 Å². The maximum Gasteiger partial charge on any atom is 0.287 e. The van der Waals surface area contributed by atoms with Gasteiger partial charge in [0, 0.05) is 13.7 Å². The van der Waals surface area contributed by atoms with Gasteiger partial charge in [-0.3, -0.25) is 9.59 Å². The lowest BCUT2D eigenvalue weighted by atomic mass is 10.2. The summed E-state index contributed by atoms with van der Waals surface area (Å²) in [4.78, 5) is 23.3. The minimum Gasteiger partial charge on any atom is -0.444 e. The van der Waals surface area contributed by atoms with Gasteiger partial charge in [0.05, 0.1) is 19.2 Å². The first-order valence-corrected chi connectivity index (χ1v) is 6.78. The highest BCUT2D eigenvalue weighted by Crippen LogP contribution is 2.13. The van der Waals surface area contributed by atoms with E-state index in [1.165, 1.54) is 13.2 Å². The number of amides is 2. The van der Waals surface area contributed by atoms with E-state index in [2.05, 4.69) is 26.6 Å². The van der Waals surface area contributed by atoms with E-state index in [0.29, 0.717) is 17.7 Å². The van der Waals surface area contributed by atoms with Crippen molar-refractivity contribution in [2.45, 2.75) is 12.5 Å². The van der Waals surface area contributed by atoms with Crippen LogP contribution < -0.4 is 10.6 Å². The third-order valence-electron chi connectivity index (χ3n) is 2.42. The normalized spacial score (nSPS) is 11.9. The zero-order valence-electron chi connectivity index (χ0n) is 11.0. The highest BCUT2D eigenvalue weighted by atomic mass is 79.9. The van der Waals surface area contributed by atoms with Gasteiger partial charge in [0.15, 0.2) is 10.4 Å². The molecule has 0 spiro atoms. The van der Waals surface area contributed by atoms with E-state index in [0.717, 1.165) is 0 Å². The quantitative estimate of drug-likeness (QED) is 0.626. The molecule has 0 aliphatic heterocycles. The molecule has 0 aliphatic rings. The molecular weight excluding hydrogens is 332 g/mol. The van der Waals surface area contributed by atoms with Gasteiger partial charge in [-0.15, -0.1) is 0 Å². The minimum absolute atomic E-state index is 0.0545. The maximum atomic E-state index is 11.6. The molecule has 8 heteroatoms. The third-order valence-corrected chi connectivity index (χ3v) is 2.84. The molecule has 112 valence electrons. The molecule has 3 N–H and O–H groups in total. The van der Waals surface area contributed by atoms with Gasteiger partial charge in [0.1, 0.15) is 0 Å². The Morgan fingerprint density at radius 1 is 1.50 bits per heavy atom. The molecule has 1 atom stereocenters. The van der Waals surface area contributed by atoms with E-state index >= 15 is 0 Å². The van der Waals surface area contributed by atoms with Gasteiger partial charge in [0.25, 0.3) is 5.91 Å². The first-order valence-electron chi connectivity index (χ1n) is 5.99. The average Bonchev–Trinajstić information content (AvgIpc) is 2.83. The average molecular weight is 349 g/mol. The number of hydrogen-bond donors (Lipinski definition) is 3. The fraction of sp³-hybridized carbons (Fsp3) is 0.500. The fourth-order valence-corrected chi connectivity index (χ4v) is 1.82. The summed E-state index contributed by atoms with van der Waals surface area (Å²) in [5.74, 6) is -0.718. The Labute approximate surface area is 124 Å². The van der Waals surface area contributed by atoms with Crippen molar-refractivity contribution in [3.8, 4) is 0 Å². The summed E-state index contributed by atoms with van der Waals surface area (Å²) < 4.78 is 10.4. The van der Waals surface area contributed by atoms with Crippen molar-refractivity contribution in [1.82, 2.24) is 10.6 Å². The van der Waals surface area contributed by atoms with Crippen LogP contribution in [0.2, 0.25) is 0 Å². The van der Waals surface area contributed by atoms with Crippen molar-refractivity contribution in [3.63, 3.8) is 0 Å². The molecule has 1 heterocycles. The first-order chi connectivity index (χ1) is 9.56. The summed E-state index contributed by atoms with van der Waals surface area (Å²) >= 11 is 3.08. The highest BCUT2D eigenvalue weighted by Gasteiger charge is 2.14. The zero-order chi connectivity index (χ0) is 15.0. The second-order valence-electron chi connectivity index (χ2n) is 4.02. The van der Waals surface area contributed by atoms with Crippen molar-refractivity contribution in [3.05, 3.63) is 22.6 Å². The molecule has 1 aromatic heterocycles. The topological polar surface area (TPSA) is 101 Å². The van der Waals surface area contributed by atoms with Crippen molar-refractivity contribution >= 4 is 27.7 Å². The molecule has 1 unspecified atom stereocenters. The molecule has 7 nitrogen and oxygen atoms in total. The molecule has 1 aromatic rings. The molecule has 1 rings (SSSR count). The maximum absolute atomic E-state index is 11.6. The van der Waals surface area contributed by atoms with Crippen LogP contribution in [0.15, 0.2) is 21.2 Å². The number of carbonyl (C=O) groups is 2. The lowest BCUT2D eigenvalue weighted by Gasteiger charge is -2.16. The Hall–Kier alpha value is -1.38. The standard InChI is InChI=1S/C12H17BrN2O5/c1-19-7-8(4-5-16)15-11(17)6-14-12(18)9-2-3-10(13)20-9/h2-3,8,16H,4-7H2,1H3,(H,14,18)(H,15,17). The van der Waals surface area contributed by atoms with Crippen LogP contribution in [0.5, 0.6) is 0 Å². The van der Waals surface area contributed by atoms with Crippen molar-refractivity contribution in [2.75, 3.05) is 26.9 Å². The van der Waals surface area contributed by atoms with Gasteiger partial charge >= 0.3 is 0 Å². The van der Waals surface area contributed by atoms with Crippen LogP contribution in [-0.4, -0.2) is 49.8 Å². The Morgan fingerprint density at radius 3 is 2.80 bits per heavy atom. The number of nitrogens with one attached hydrogen (secondary N) is 2. The fourth-order valence-electron chi connectivity index (χ4n) is 1.52. The number of furan rings is 1. The molecule has 0 saturated heterocycles. The van der Waals surface area contributed by atoms with Crippen LogP contribution in [0.25, 0.3) is 0 Å². The van der Waals surface area contributed by atoms with E-state index in [9.17, 15) is 9.59 Å². The Balaban J connectivity index is 2.36. The molecular formula is C12H17BrN2O5. The van der Waals surface area contributed by atoms with Gasteiger partial charge in [0.2, 0.25) is 5.91 Å². The molecule has 0 saturated carbocycles. The van der Waals surface area contributed by atoms with Crippen molar-refractivity contribution < 1.29 is 23.8 Å². The van der Waals surface area contributed by atoms with Gasteiger partial charge < -0.3 is 24.9 Å². The van der Waals surface area contributed by atoms with Crippen LogP contribution in [0, 0.1) is 0 Å². The van der Waals surface area contributed by atoms with E-state index in [4.69, 9.17) is 14.3 Å². The number of halogens is 1. The zero-order valence-corrected chi connectivity index (χ0v) is 12.6. The Kier molecular flexibility index (Phi) is 7.27. The van der Waals surface area contributed by atoms with Crippen LogP contribution in [0.4, 0.5) is 0 Å². The van der Waals surface area contributed by atoms with E-state index in [1.807, 2.05) is 0 Å². The summed E-state index contributed by atoms with van der Waals surface area (Å²) in [5.41, 5.74) is 0. The predicted octanol–water partition coefficient (Wildman–Crippen LogP) is 0.285. The molecule has 0 radical (unpaired) electrons. The number of methoxy groups -OCH3 is 1. The summed E-state index contributed by atoms with van der Waals surface area (Å²) in [6.45, 7) is 0.0647. The van der Waals surface area contributed by atoms with E-state index < -0.39 is 5.91 Å². The first kappa shape index (κ1) is 16.7. The number of aliphatic hydroxyl groups is 1. The van der Waals surface area contributed by atoms with Gasteiger partial charge in [-0.25, -0.2) is 0 Å². The van der Waals surface area contributed by atoms with E-state index in [1.54, 1.807) is 6.07 Å². The van der Waals surface area contributed by atoms with E-state index in [-0.39, 0.29) is 30.9 Å². The lowest BCUT2D eigenvalue weighted by Crippen LogP contribution is -2.44. The van der Waals surface area contributed by atoms with Gasteiger partial charge in [-0.2, -0.15) is 0 Å². The second-order valence-corrected chi connectivity index (χ2v) is 4.80. The second kappa shape index (κ2) is 8.72. The molecule has 0 aliphatic carbocycles. The lowest BCUT2D eigenvalue weighted by molar-refractivity contribution is -0.121. The number of hydrogen-bond acceptors (Lipinski definition) is 5. The minimum atomic E-state index is -0.476. The Morgan fingerprint density at radius 2 is 2.25 bits per heavy atom. The van der Waals surface area contributed by atoms with Crippen LogP contribution in [0.1, 0.15) is 17.0 Å². The number of ether oxygens (including phenoxy) is 1. The third kappa shape index (κ3) is 5.72. The Bertz CT molecular complexity index is 443. The van der Waals surface area contributed by atoms with Crippen LogP contribution in [-0.2, 0) is 9.53 Å². The summed E-state index contributed by atoms with van der Waals surface area (Å²) in [5, 5.41) is 13.9. The molecule has 0 aromatic carbocycles. The number of rotatable bonds is 8. The van der Waals surface area contributed by atoms with Gasteiger partial charge in [-0.05, 0) is 34.5 Å². The number of carbonyl (C=O) groups excluding carboxylic acids is 2. The number of aliphatic hydroxyl groups excluding tert-OH is 1. The van der Waals surface area contributed by atoms with Crippen molar-refractivity contribution in [1.29, 1.82) is 0 Å². The molecule has 0 fully saturated rings. The monoisotopic (exact) mass is 348 g/mol.